The van der Waals surface area contributed by atoms with Gasteiger partial charge in [0.25, 0.3) is 0 Å². The average Bonchev–Trinajstić information content (AvgIpc) is 2.08. The van der Waals surface area contributed by atoms with E-state index >= 15 is 0 Å². The van der Waals surface area contributed by atoms with Gasteiger partial charge in [-0.25, -0.2) is 0 Å². The van der Waals surface area contributed by atoms with Gasteiger partial charge < -0.3 is 0 Å². The number of allylic oxidation sites excluding steroid dienone is 6. The molecule has 0 saturated carbocycles. The predicted molar refractivity (Wildman–Crippen MR) is 55.4 cm³/mol. The molecule has 0 fully saturated rings. The average molecular weight is 176 g/mol. The van der Waals surface area contributed by atoms with E-state index in [0.29, 0.717) is 5.92 Å². The van der Waals surface area contributed by atoms with Crippen LogP contribution in [-0.2, 0) is 4.79 Å². The Morgan fingerprint density at radius 3 is 2.77 bits per heavy atom. The molecule has 0 amide bonds. The van der Waals surface area contributed by atoms with E-state index < -0.39 is 0 Å². The summed E-state index contributed by atoms with van der Waals surface area (Å²) >= 11 is 0. The van der Waals surface area contributed by atoms with Crippen molar-refractivity contribution in [3.8, 4) is 0 Å². The van der Waals surface area contributed by atoms with Crippen molar-refractivity contribution in [2.75, 3.05) is 0 Å². The maximum atomic E-state index is 11.0. The molecular weight excluding hydrogens is 160 g/mol. The number of hydrogen-bond acceptors (Lipinski definition) is 1. The topological polar surface area (TPSA) is 17.1 Å². The zero-order valence-electron chi connectivity index (χ0n) is 8.50. The standard InChI is InChI=1S/C12H16O/c1-9-6-4-5-7-12(9)8-10(2)11(3)13/h4-5,7-9H,6H2,1-3H3/b10-8+. The smallest absolute Gasteiger partial charge is 0.155 e. The van der Waals surface area contributed by atoms with Crippen LogP contribution < -0.4 is 0 Å². The van der Waals surface area contributed by atoms with Crippen LogP contribution in [0.15, 0.2) is 35.5 Å². The third-order valence-electron chi connectivity index (χ3n) is 2.42. The van der Waals surface area contributed by atoms with Crippen molar-refractivity contribution < 1.29 is 4.79 Å². The van der Waals surface area contributed by atoms with Crippen LogP contribution in [0.4, 0.5) is 0 Å². The molecule has 1 atom stereocenters. The van der Waals surface area contributed by atoms with Crippen molar-refractivity contribution in [1.29, 1.82) is 0 Å². The first-order chi connectivity index (χ1) is 6.11. The van der Waals surface area contributed by atoms with Crippen LogP contribution in [0, 0.1) is 5.92 Å². The summed E-state index contributed by atoms with van der Waals surface area (Å²) < 4.78 is 0. The van der Waals surface area contributed by atoms with Gasteiger partial charge in [-0.3, -0.25) is 4.79 Å². The molecule has 13 heavy (non-hydrogen) atoms. The fourth-order valence-electron chi connectivity index (χ4n) is 1.30. The molecule has 1 rings (SSSR count). The Balaban J connectivity index is 2.83. The number of hydrogen-bond donors (Lipinski definition) is 0. The summed E-state index contributed by atoms with van der Waals surface area (Å²) in [6.45, 7) is 5.66. The second-order valence-corrected chi connectivity index (χ2v) is 3.62. The zero-order valence-corrected chi connectivity index (χ0v) is 8.50. The van der Waals surface area contributed by atoms with E-state index in [1.54, 1.807) is 6.92 Å². The van der Waals surface area contributed by atoms with Crippen LogP contribution in [0.3, 0.4) is 0 Å². The van der Waals surface area contributed by atoms with Crippen molar-refractivity contribution in [3.05, 3.63) is 35.5 Å². The molecule has 0 N–H and O–H groups in total. The summed E-state index contributed by atoms with van der Waals surface area (Å²) in [5.41, 5.74) is 2.10. The number of ketones is 1. The Morgan fingerprint density at radius 2 is 2.23 bits per heavy atom. The van der Waals surface area contributed by atoms with E-state index in [9.17, 15) is 4.79 Å². The third kappa shape index (κ3) is 2.69. The number of Topliss-reactive ketones (excluding diaryl/α,β-unsaturated/α-hetero) is 1. The summed E-state index contributed by atoms with van der Waals surface area (Å²) in [4.78, 5) is 11.0. The highest BCUT2D eigenvalue weighted by Crippen LogP contribution is 2.21. The maximum absolute atomic E-state index is 11.0. The highest BCUT2D eigenvalue weighted by Gasteiger charge is 2.08. The molecule has 1 aliphatic rings. The van der Waals surface area contributed by atoms with Gasteiger partial charge in [-0.15, -0.1) is 0 Å². The van der Waals surface area contributed by atoms with Crippen molar-refractivity contribution in [1.82, 2.24) is 0 Å². The molecule has 70 valence electrons. The largest absolute Gasteiger partial charge is 0.295 e. The highest BCUT2D eigenvalue weighted by atomic mass is 16.1. The lowest BCUT2D eigenvalue weighted by Crippen LogP contribution is -2.01. The molecule has 1 aliphatic carbocycles. The van der Waals surface area contributed by atoms with Crippen molar-refractivity contribution >= 4 is 5.78 Å². The summed E-state index contributed by atoms with van der Waals surface area (Å²) in [6, 6.07) is 0. The Kier molecular flexibility index (Phi) is 3.24. The third-order valence-corrected chi connectivity index (χ3v) is 2.42. The molecule has 0 aromatic carbocycles. The van der Waals surface area contributed by atoms with Crippen LogP contribution in [0.5, 0.6) is 0 Å². The molecule has 0 aliphatic heterocycles. The minimum atomic E-state index is 0.155. The molecule has 0 spiro atoms. The first kappa shape index (κ1) is 9.97. The van der Waals surface area contributed by atoms with Crippen LogP contribution in [-0.4, -0.2) is 5.78 Å². The van der Waals surface area contributed by atoms with E-state index in [1.165, 1.54) is 5.57 Å². The van der Waals surface area contributed by atoms with E-state index in [2.05, 4.69) is 25.2 Å². The van der Waals surface area contributed by atoms with Gasteiger partial charge in [0, 0.05) is 0 Å². The maximum Gasteiger partial charge on any atom is 0.155 e. The Hall–Kier alpha value is -1.11. The molecular formula is C12H16O. The minimum Gasteiger partial charge on any atom is -0.295 e. The normalized spacial score (nSPS) is 22.8. The van der Waals surface area contributed by atoms with Crippen molar-refractivity contribution in [3.63, 3.8) is 0 Å². The highest BCUT2D eigenvalue weighted by molar-refractivity contribution is 5.93. The van der Waals surface area contributed by atoms with Gasteiger partial charge in [-0.2, -0.15) is 0 Å². The van der Waals surface area contributed by atoms with E-state index in [4.69, 9.17) is 0 Å². The fraction of sp³-hybridized carbons (Fsp3) is 0.417. The lowest BCUT2D eigenvalue weighted by atomic mass is 9.91. The Labute approximate surface area is 79.8 Å². The SMILES string of the molecule is CC(=O)/C(C)=C/C1=CC=CCC1C. The second kappa shape index (κ2) is 4.22. The first-order valence-corrected chi connectivity index (χ1v) is 4.67. The molecule has 0 aromatic heterocycles. The Bertz CT molecular complexity index is 292. The van der Waals surface area contributed by atoms with Crippen LogP contribution in [0.25, 0.3) is 0 Å². The molecule has 0 heterocycles. The minimum absolute atomic E-state index is 0.155. The molecule has 0 saturated heterocycles. The summed E-state index contributed by atoms with van der Waals surface area (Å²) in [6.07, 6.45) is 9.37. The number of carbonyl (C=O) groups excluding carboxylic acids is 1. The predicted octanol–water partition coefficient (Wildman–Crippen LogP) is 3.04. The number of carbonyl (C=O) groups is 1. The second-order valence-electron chi connectivity index (χ2n) is 3.62. The molecule has 1 heteroatoms. The van der Waals surface area contributed by atoms with Crippen molar-refractivity contribution in [2.24, 2.45) is 5.92 Å². The zero-order chi connectivity index (χ0) is 9.84. The molecule has 0 radical (unpaired) electrons. The van der Waals surface area contributed by atoms with Crippen LogP contribution >= 0.6 is 0 Å². The van der Waals surface area contributed by atoms with E-state index in [-0.39, 0.29) is 5.78 Å². The van der Waals surface area contributed by atoms with Crippen molar-refractivity contribution in [2.45, 2.75) is 27.2 Å². The first-order valence-electron chi connectivity index (χ1n) is 4.67. The van der Waals surface area contributed by atoms with Gasteiger partial charge in [0.05, 0.1) is 0 Å². The monoisotopic (exact) mass is 176 g/mol. The van der Waals surface area contributed by atoms with Gasteiger partial charge in [0.15, 0.2) is 5.78 Å². The Morgan fingerprint density at radius 1 is 1.54 bits per heavy atom. The number of rotatable bonds is 2. The molecule has 1 unspecified atom stereocenters. The molecule has 0 bridgehead atoms. The van der Waals surface area contributed by atoms with Gasteiger partial charge in [-0.1, -0.05) is 31.2 Å². The van der Waals surface area contributed by atoms with Gasteiger partial charge in [0.1, 0.15) is 0 Å². The van der Waals surface area contributed by atoms with Gasteiger partial charge in [0.2, 0.25) is 0 Å². The van der Waals surface area contributed by atoms with Gasteiger partial charge >= 0.3 is 0 Å². The van der Waals surface area contributed by atoms with E-state index in [1.807, 2.05) is 13.0 Å². The summed E-state index contributed by atoms with van der Waals surface area (Å²) in [5.74, 6) is 0.696. The van der Waals surface area contributed by atoms with Crippen LogP contribution in [0.1, 0.15) is 27.2 Å². The fourth-order valence-corrected chi connectivity index (χ4v) is 1.30. The van der Waals surface area contributed by atoms with E-state index in [0.717, 1.165) is 12.0 Å². The summed E-state index contributed by atoms with van der Waals surface area (Å²) in [7, 11) is 0. The van der Waals surface area contributed by atoms with Gasteiger partial charge in [-0.05, 0) is 37.3 Å². The molecule has 0 aromatic rings. The lowest BCUT2D eigenvalue weighted by Gasteiger charge is -2.14. The van der Waals surface area contributed by atoms with Crippen LogP contribution in [0.2, 0.25) is 0 Å². The quantitative estimate of drug-likeness (QED) is 0.591. The summed E-state index contributed by atoms with van der Waals surface area (Å²) in [5, 5.41) is 0. The molecule has 1 nitrogen and oxygen atoms in total. The lowest BCUT2D eigenvalue weighted by molar-refractivity contribution is -0.113.